The van der Waals surface area contributed by atoms with E-state index in [1.165, 1.54) is 5.56 Å². The van der Waals surface area contributed by atoms with Gasteiger partial charge in [0.05, 0.1) is 17.3 Å². The van der Waals surface area contributed by atoms with Crippen LogP contribution in [-0.2, 0) is 11.2 Å². The normalized spacial score (nSPS) is 23.4. The van der Waals surface area contributed by atoms with Crippen molar-refractivity contribution in [2.75, 3.05) is 4.90 Å². The predicted octanol–water partition coefficient (Wildman–Crippen LogP) is 2.44. The van der Waals surface area contributed by atoms with E-state index in [2.05, 4.69) is 27.3 Å². The topological polar surface area (TPSA) is 68.4 Å². The van der Waals surface area contributed by atoms with Crippen molar-refractivity contribution in [2.45, 2.75) is 18.7 Å². The molecular weight excluding hydrogens is 314 g/mol. The summed E-state index contributed by atoms with van der Waals surface area (Å²) >= 11 is 0. The first-order chi connectivity index (χ1) is 12.2. The summed E-state index contributed by atoms with van der Waals surface area (Å²) in [4.78, 5) is 18.3. The van der Waals surface area contributed by atoms with Gasteiger partial charge in [-0.1, -0.05) is 36.4 Å². The molecule has 2 atom stereocenters. The van der Waals surface area contributed by atoms with E-state index in [4.69, 9.17) is 0 Å². The zero-order chi connectivity index (χ0) is 16.7. The summed E-state index contributed by atoms with van der Waals surface area (Å²) in [5, 5.41) is 14.3. The average Bonchev–Trinajstić information content (AvgIpc) is 3.26. The highest BCUT2D eigenvalue weighted by Crippen LogP contribution is 2.52. The maximum Gasteiger partial charge on any atom is 0.256 e. The largest absolute Gasteiger partial charge is 0.368 e. The Kier molecular flexibility index (Phi) is 2.29. The van der Waals surface area contributed by atoms with Crippen LogP contribution in [0, 0.1) is 0 Å². The third-order valence-corrected chi connectivity index (χ3v) is 5.56. The maximum atomic E-state index is 12.7. The molecular formula is C20H15N3O2. The Morgan fingerprint density at radius 2 is 1.88 bits per heavy atom. The molecule has 5 heteroatoms. The average molecular weight is 329 g/mol. The van der Waals surface area contributed by atoms with Gasteiger partial charge in [0.1, 0.15) is 0 Å². The van der Waals surface area contributed by atoms with Crippen molar-refractivity contribution in [3.63, 3.8) is 0 Å². The Bertz CT molecular complexity index is 1110. The fourth-order valence-corrected chi connectivity index (χ4v) is 4.61. The van der Waals surface area contributed by atoms with Gasteiger partial charge in [-0.3, -0.25) is 4.79 Å². The van der Waals surface area contributed by atoms with Crippen LogP contribution in [0.4, 0.5) is 5.69 Å². The number of H-pyrrole nitrogens is 1. The molecule has 1 aromatic heterocycles. The number of carbonyl (C=O) groups excluding carboxylic acids is 1. The molecule has 3 aliphatic heterocycles. The van der Waals surface area contributed by atoms with Crippen molar-refractivity contribution < 1.29 is 9.90 Å². The Morgan fingerprint density at radius 3 is 2.80 bits per heavy atom. The standard InChI is InChI=1S/C20H15N3O2/c24-19-16-15-11-6-2-3-7-12(11)21-17(15)14-9-10-5-1-4-8-13(10)23(14)18(16)20(25)22-19/h1-8,14,20-21,25H,9H2,(H,22,24). The summed E-state index contributed by atoms with van der Waals surface area (Å²) in [7, 11) is 0. The fraction of sp³-hybridized carbons (Fsp3) is 0.150. The molecule has 0 saturated carbocycles. The number of hydrogen-bond donors (Lipinski definition) is 3. The molecule has 3 aromatic rings. The minimum atomic E-state index is -0.974. The van der Waals surface area contributed by atoms with Gasteiger partial charge in [-0.05, 0) is 17.7 Å². The molecule has 3 aliphatic rings. The number of nitrogens with one attached hydrogen (secondary N) is 2. The zero-order valence-electron chi connectivity index (χ0n) is 13.3. The smallest absolute Gasteiger partial charge is 0.256 e. The molecule has 1 amide bonds. The van der Waals surface area contributed by atoms with Crippen molar-refractivity contribution in [2.24, 2.45) is 0 Å². The Hall–Kier alpha value is -3.05. The molecule has 0 radical (unpaired) electrons. The summed E-state index contributed by atoms with van der Waals surface area (Å²) in [6.45, 7) is 0. The van der Waals surface area contributed by atoms with Gasteiger partial charge in [0.25, 0.3) is 5.91 Å². The lowest BCUT2D eigenvalue weighted by atomic mass is 9.92. The number of aromatic nitrogens is 1. The van der Waals surface area contributed by atoms with E-state index >= 15 is 0 Å². The van der Waals surface area contributed by atoms with Crippen LogP contribution in [0.3, 0.4) is 0 Å². The quantitative estimate of drug-likeness (QED) is 0.593. The SMILES string of the molecule is O=C1NC(O)C2=C1c1c([nH]c3ccccc13)C1Cc3ccccc3N21. The van der Waals surface area contributed by atoms with E-state index in [1.54, 1.807) is 0 Å². The molecule has 0 aliphatic carbocycles. The minimum Gasteiger partial charge on any atom is -0.368 e. The second-order valence-corrected chi connectivity index (χ2v) is 6.81. The number of anilines is 1. The van der Waals surface area contributed by atoms with Gasteiger partial charge in [0.2, 0.25) is 0 Å². The van der Waals surface area contributed by atoms with Crippen LogP contribution in [0.2, 0.25) is 0 Å². The first-order valence-corrected chi connectivity index (χ1v) is 8.45. The van der Waals surface area contributed by atoms with E-state index in [9.17, 15) is 9.90 Å². The lowest BCUT2D eigenvalue weighted by molar-refractivity contribution is -0.116. The number of rotatable bonds is 0. The molecule has 5 nitrogen and oxygen atoms in total. The number of amides is 1. The Balaban J connectivity index is 1.74. The molecule has 0 fully saturated rings. The molecule has 4 heterocycles. The zero-order valence-corrected chi connectivity index (χ0v) is 13.3. The molecule has 0 spiro atoms. The number of benzene rings is 2. The molecule has 2 aromatic carbocycles. The number of aromatic amines is 1. The lowest BCUT2D eigenvalue weighted by Gasteiger charge is -2.34. The molecule has 25 heavy (non-hydrogen) atoms. The molecule has 0 saturated heterocycles. The van der Waals surface area contributed by atoms with Crippen LogP contribution in [0.5, 0.6) is 0 Å². The van der Waals surface area contributed by atoms with Crippen molar-refractivity contribution in [1.29, 1.82) is 0 Å². The monoisotopic (exact) mass is 329 g/mol. The first-order valence-electron chi connectivity index (χ1n) is 8.45. The summed E-state index contributed by atoms with van der Waals surface area (Å²) in [5.74, 6) is -0.212. The molecule has 122 valence electrons. The van der Waals surface area contributed by atoms with E-state index in [0.29, 0.717) is 11.3 Å². The predicted molar refractivity (Wildman–Crippen MR) is 94.7 cm³/mol. The van der Waals surface area contributed by atoms with Crippen molar-refractivity contribution >= 4 is 28.1 Å². The first kappa shape index (κ1) is 13.3. The summed E-state index contributed by atoms with van der Waals surface area (Å²) in [6.07, 6.45) is -0.119. The third kappa shape index (κ3) is 1.49. The number of para-hydroxylation sites is 2. The second-order valence-electron chi connectivity index (χ2n) is 6.81. The maximum absolute atomic E-state index is 12.7. The highest BCUT2D eigenvalue weighted by molar-refractivity contribution is 6.27. The van der Waals surface area contributed by atoms with Crippen LogP contribution in [0.15, 0.2) is 54.2 Å². The van der Waals surface area contributed by atoms with Gasteiger partial charge < -0.3 is 20.3 Å². The fourth-order valence-electron chi connectivity index (χ4n) is 4.61. The number of carbonyl (C=O) groups is 1. The van der Waals surface area contributed by atoms with Gasteiger partial charge in [-0.2, -0.15) is 0 Å². The highest BCUT2D eigenvalue weighted by Gasteiger charge is 2.48. The highest BCUT2D eigenvalue weighted by atomic mass is 16.3. The van der Waals surface area contributed by atoms with E-state index < -0.39 is 6.23 Å². The molecule has 0 bridgehead atoms. The van der Waals surface area contributed by atoms with Crippen molar-refractivity contribution in [1.82, 2.24) is 10.3 Å². The van der Waals surface area contributed by atoms with Gasteiger partial charge in [-0.15, -0.1) is 0 Å². The minimum absolute atomic E-state index is 0.0703. The van der Waals surface area contributed by atoms with Crippen LogP contribution in [0.1, 0.15) is 22.9 Å². The number of aliphatic hydroxyl groups is 1. The van der Waals surface area contributed by atoms with Crippen LogP contribution < -0.4 is 10.2 Å². The second kappa shape index (κ2) is 4.32. The van der Waals surface area contributed by atoms with E-state index in [0.717, 1.165) is 34.3 Å². The van der Waals surface area contributed by atoms with Gasteiger partial charge >= 0.3 is 0 Å². The molecule has 3 N–H and O–H groups in total. The molecule has 6 rings (SSSR count). The number of hydrogen-bond acceptors (Lipinski definition) is 3. The van der Waals surface area contributed by atoms with E-state index in [-0.39, 0.29) is 11.9 Å². The van der Waals surface area contributed by atoms with E-state index in [1.807, 2.05) is 36.4 Å². The number of nitrogens with zero attached hydrogens (tertiary/aromatic N) is 1. The van der Waals surface area contributed by atoms with Gasteiger partial charge in [-0.25, -0.2) is 0 Å². The summed E-state index contributed by atoms with van der Waals surface area (Å²) in [6, 6.07) is 16.3. The van der Waals surface area contributed by atoms with Crippen LogP contribution in [0.25, 0.3) is 16.5 Å². The Labute approximate surface area is 143 Å². The van der Waals surface area contributed by atoms with Gasteiger partial charge in [0.15, 0.2) is 6.23 Å². The molecule has 2 unspecified atom stereocenters. The van der Waals surface area contributed by atoms with Crippen LogP contribution >= 0.6 is 0 Å². The van der Waals surface area contributed by atoms with Gasteiger partial charge in [0, 0.05) is 34.3 Å². The summed E-state index contributed by atoms with van der Waals surface area (Å²) in [5.41, 5.74) is 6.59. The Morgan fingerprint density at radius 1 is 1.08 bits per heavy atom. The third-order valence-electron chi connectivity index (χ3n) is 5.56. The summed E-state index contributed by atoms with van der Waals surface area (Å²) < 4.78 is 0. The van der Waals surface area contributed by atoms with Crippen molar-refractivity contribution in [3.8, 4) is 0 Å². The number of fused-ring (bicyclic) bond motifs is 9. The lowest BCUT2D eigenvalue weighted by Crippen LogP contribution is -2.36. The van der Waals surface area contributed by atoms with Crippen LogP contribution in [-0.4, -0.2) is 22.2 Å². The van der Waals surface area contributed by atoms with Crippen molar-refractivity contribution in [3.05, 3.63) is 71.0 Å². The number of aliphatic hydroxyl groups excluding tert-OH is 1.